The quantitative estimate of drug-likeness (QED) is 0.665. The summed E-state index contributed by atoms with van der Waals surface area (Å²) in [6, 6.07) is 6.26. The maximum Gasteiger partial charge on any atom is 0.0558 e. The number of aromatic amines is 1. The van der Waals surface area contributed by atoms with Crippen LogP contribution in [0, 0.1) is 6.92 Å². The highest BCUT2D eigenvalue weighted by atomic mass is 32.1. The van der Waals surface area contributed by atoms with Crippen LogP contribution in [0.15, 0.2) is 29.8 Å². The van der Waals surface area contributed by atoms with Crippen LogP contribution in [-0.2, 0) is 0 Å². The van der Waals surface area contributed by atoms with Crippen molar-refractivity contribution >= 4 is 11.3 Å². The van der Waals surface area contributed by atoms with Crippen molar-refractivity contribution in [3.63, 3.8) is 0 Å². The molecule has 0 fully saturated rings. The first-order chi connectivity index (χ1) is 5.38. The zero-order chi connectivity index (χ0) is 7.68. The second kappa shape index (κ2) is 2.55. The van der Waals surface area contributed by atoms with E-state index in [4.69, 9.17) is 0 Å². The molecule has 2 rings (SSSR count). The van der Waals surface area contributed by atoms with Gasteiger partial charge in [-0.05, 0) is 36.1 Å². The van der Waals surface area contributed by atoms with E-state index in [2.05, 4.69) is 29.4 Å². The van der Waals surface area contributed by atoms with E-state index in [1.54, 1.807) is 11.3 Å². The molecule has 56 valence electrons. The first-order valence-electron chi connectivity index (χ1n) is 3.56. The molecule has 1 nitrogen and oxygen atoms in total. The van der Waals surface area contributed by atoms with Crippen LogP contribution in [0.1, 0.15) is 5.56 Å². The molecular formula is C9H9NS. The Kier molecular flexibility index (Phi) is 1.55. The molecule has 0 amide bonds. The molecule has 1 N–H and O–H groups in total. The van der Waals surface area contributed by atoms with Crippen LogP contribution in [0.4, 0.5) is 0 Å². The average Bonchev–Trinajstić information content (AvgIpc) is 2.55. The molecule has 11 heavy (non-hydrogen) atoms. The van der Waals surface area contributed by atoms with E-state index in [1.807, 2.05) is 12.3 Å². The maximum atomic E-state index is 3.19. The Morgan fingerprint density at radius 1 is 1.36 bits per heavy atom. The first kappa shape index (κ1) is 6.68. The lowest BCUT2D eigenvalue weighted by molar-refractivity contribution is 1.40. The second-order valence-electron chi connectivity index (χ2n) is 2.52. The summed E-state index contributed by atoms with van der Waals surface area (Å²) in [6.07, 6.45) is 1.95. The van der Waals surface area contributed by atoms with Crippen molar-refractivity contribution in [1.29, 1.82) is 0 Å². The van der Waals surface area contributed by atoms with Gasteiger partial charge in [0.2, 0.25) is 0 Å². The number of aryl methyl sites for hydroxylation is 1. The van der Waals surface area contributed by atoms with Crippen LogP contribution >= 0.6 is 11.3 Å². The molecule has 2 aromatic heterocycles. The van der Waals surface area contributed by atoms with Gasteiger partial charge in [0.25, 0.3) is 0 Å². The van der Waals surface area contributed by atoms with Crippen LogP contribution in [0.2, 0.25) is 0 Å². The molecule has 0 unspecified atom stereocenters. The Hall–Kier alpha value is -1.02. The monoisotopic (exact) mass is 163 g/mol. The summed E-state index contributed by atoms with van der Waals surface area (Å²) in [6.45, 7) is 2.13. The number of thiophene rings is 1. The molecule has 0 aliphatic heterocycles. The van der Waals surface area contributed by atoms with Crippen molar-refractivity contribution in [1.82, 2.24) is 4.98 Å². The third-order valence-corrected chi connectivity index (χ3v) is 2.75. The van der Waals surface area contributed by atoms with E-state index in [1.165, 1.54) is 16.1 Å². The van der Waals surface area contributed by atoms with Gasteiger partial charge >= 0.3 is 0 Å². The fraction of sp³-hybridized carbons (Fsp3) is 0.111. The molecule has 0 radical (unpaired) electrons. The van der Waals surface area contributed by atoms with E-state index >= 15 is 0 Å². The summed E-state index contributed by atoms with van der Waals surface area (Å²) in [4.78, 5) is 4.53. The largest absolute Gasteiger partial charge is 0.361 e. The minimum atomic E-state index is 1.22. The SMILES string of the molecule is Cc1ccsc1-c1ccc[nH]1. The number of nitrogens with one attached hydrogen (secondary N) is 1. The highest BCUT2D eigenvalue weighted by Gasteiger charge is 2.01. The molecule has 2 aromatic rings. The summed E-state index contributed by atoms with van der Waals surface area (Å²) in [5.74, 6) is 0. The number of rotatable bonds is 1. The summed E-state index contributed by atoms with van der Waals surface area (Å²) < 4.78 is 0. The molecule has 0 aromatic carbocycles. The van der Waals surface area contributed by atoms with Crippen molar-refractivity contribution < 1.29 is 0 Å². The van der Waals surface area contributed by atoms with Crippen molar-refractivity contribution in [2.45, 2.75) is 6.92 Å². The summed E-state index contributed by atoms with van der Waals surface area (Å²) >= 11 is 1.78. The number of hydrogen-bond donors (Lipinski definition) is 1. The standard InChI is InChI=1S/C9H9NS/c1-7-4-6-11-9(7)8-3-2-5-10-8/h2-6,10H,1H3. The molecule has 0 saturated carbocycles. The van der Waals surface area contributed by atoms with Crippen molar-refractivity contribution in [2.24, 2.45) is 0 Å². The zero-order valence-electron chi connectivity index (χ0n) is 6.29. The van der Waals surface area contributed by atoms with E-state index in [0.29, 0.717) is 0 Å². The highest BCUT2D eigenvalue weighted by molar-refractivity contribution is 7.13. The fourth-order valence-electron chi connectivity index (χ4n) is 1.12. The molecule has 0 bridgehead atoms. The van der Waals surface area contributed by atoms with Gasteiger partial charge in [0.05, 0.1) is 10.6 Å². The van der Waals surface area contributed by atoms with Gasteiger partial charge < -0.3 is 4.98 Å². The lowest BCUT2D eigenvalue weighted by Gasteiger charge is -1.92. The van der Waals surface area contributed by atoms with Crippen LogP contribution < -0.4 is 0 Å². The number of aromatic nitrogens is 1. The van der Waals surface area contributed by atoms with Crippen molar-refractivity contribution in [3.8, 4) is 10.6 Å². The fourth-order valence-corrected chi connectivity index (χ4v) is 2.04. The Labute approximate surface area is 69.7 Å². The predicted molar refractivity (Wildman–Crippen MR) is 48.8 cm³/mol. The Bertz CT molecular complexity index is 332. The van der Waals surface area contributed by atoms with Gasteiger partial charge in [0.1, 0.15) is 0 Å². The highest BCUT2D eigenvalue weighted by Crippen LogP contribution is 2.26. The Morgan fingerprint density at radius 3 is 2.82 bits per heavy atom. The first-order valence-corrected chi connectivity index (χ1v) is 4.44. The van der Waals surface area contributed by atoms with Gasteiger partial charge in [0.15, 0.2) is 0 Å². The van der Waals surface area contributed by atoms with Crippen LogP contribution in [0.3, 0.4) is 0 Å². The van der Waals surface area contributed by atoms with Gasteiger partial charge in [-0.2, -0.15) is 0 Å². The smallest absolute Gasteiger partial charge is 0.0558 e. The molecular weight excluding hydrogens is 154 g/mol. The van der Waals surface area contributed by atoms with E-state index in [0.717, 1.165) is 0 Å². The molecule has 0 aliphatic carbocycles. The summed E-state index contributed by atoms with van der Waals surface area (Å²) in [5, 5.41) is 2.12. The van der Waals surface area contributed by atoms with Gasteiger partial charge in [-0.25, -0.2) is 0 Å². The minimum absolute atomic E-state index is 1.22. The molecule has 0 aliphatic rings. The molecule has 0 saturated heterocycles. The van der Waals surface area contributed by atoms with Gasteiger partial charge in [0, 0.05) is 6.20 Å². The Morgan fingerprint density at radius 2 is 2.27 bits per heavy atom. The molecule has 0 atom stereocenters. The normalized spacial score (nSPS) is 10.3. The number of hydrogen-bond acceptors (Lipinski definition) is 1. The second-order valence-corrected chi connectivity index (χ2v) is 3.43. The van der Waals surface area contributed by atoms with E-state index in [9.17, 15) is 0 Å². The lowest BCUT2D eigenvalue weighted by Crippen LogP contribution is -1.72. The molecule has 0 spiro atoms. The molecule has 2 heterocycles. The lowest BCUT2D eigenvalue weighted by atomic mass is 10.2. The van der Waals surface area contributed by atoms with Crippen LogP contribution in [0.5, 0.6) is 0 Å². The van der Waals surface area contributed by atoms with E-state index in [-0.39, 0.29) is 0 Å². The van der Waals surface area contributed by atoms with Crippen LogP contribution in [0.25, 0.3) is 10.6 Å². The van der Waals surface area contributed by atoms with Crippen molar-refractivity contribution in [2.75, 3.05) is 0 Å². The average molecular weight is 163 g/mol. The van der Waals surface area contributed by atoms with Gasteiger partial charge in [-0.3, -0.25) is 0 Å². The zero-order valence-corrected chi connectivity index (χ0v) is 7.11. The Balaban J connectivity index is 2.53. The third-order valence-electron chi connectivity index (χ3n) is 1.70. The van der Waals surface area contributed by atoms with E-state index < -0.39 is 0 Å². The molecule has 2 heteroatoms. The number of H-pyrrole nitrogens is 1. The minimum Gasteiger partial charge on any atom is -0.361 e. The predicted octanol–water partition coefficient (Wildman–Crippen LogP) is 3.05. The van der Waals surface area contributed by atoms with Crippen molar-refractivity contribution in [3.05, 3.63) is 35.3 Å². The third kappa shape index (κ3) is 1.10. The van der Waals surface area contributed by atoms with Gasteiger partial charge in [-0.1, -0.05) is 0 Å². The van der Waals surface area contributed by atoms with Crippen LogP contribution in [-0.4, -0.2) is 4.98 Å². The topological polar surface area (TPSA) is 15.8 Å². The maximum absolute atomic E-state index is 3.19. The summed E-state index contributed by atoms with van der Waals surface area (Å²) in [7, 11) is 0. The van der Waals surface area contributed by atoms with Gasteiger partial charge in [-0.15, -0.1) is 11.3 Å². The summed E-state index contributed by atoms with van der Waals surface area (Å²) in [5.41, 5.74) is 2.56.